The van der Waals surface area contributed by atoms with Crippen LogP contribution in [0.1, 0.15) is 23.8 Å². The first-order valence-electron chi connectivity index (χ1n) is 6.25. The van der Waals surface area contributed by atoms with E-state index in [1.54, 1.807) is 22.9 Å². The van der Waals surface area contributed by atoms with E-state index in [2.05, 4.69) is 5.10 Å². The number of rotatable bonds is 6. The highest BCUT2D eigenvalue weighted by molar-refractivity contribution is 8.00. The highest BCUT2D eigenvalue weighted by atomic mass is 35.5. The lowest BCUT2D eigenvalue weighted by molar-refractivity contribution is 0.101. The first-order valence-corrected chi connectivity index (χ1v) is 7.61. The molecule has 1 heterocycles. The quantitative estimate of drug-likeness (QED) is 0.596. The van der Waals surface area contributed by atoms with Gasteiger partial charge in [0.15, 0.2) is 5.78 Å². The Balaban J connectivity index is 2.09. The van der Waals surface area contributed by atoms with Gasteiger partial charge in [0.1, 0.15) is 11.5 Å². The van der Waals surface area contributed by atoms with Crippen molar-refractivity contribution in [1.82, 2.24) is 9.78 Å². The Kier molecular flexibility index (Phi) is 5.20. The molecule has 0 radical (unpaired) electrons. The Hall–Kier alpha value is -1.33. The highest BCUT2D eigenvalue weighted by Gasteiger charge is 2.17. The Morgan fingerprint density at radius 1 is 1.45 bits per heavy atom. The van der Waals surface area contributed by atoms with E-state index in [1.807, 2.05) is 6.92 Å². The van der Waals surface area contributed by atoms with Crippen LogP contribution in [0.2, 0.25) is 5.02 Å². The molecule has 2 rings (SSSR count). The SMILES string of the molecule is CCCn1ncc(Cl)c1C(=O)CSc1ccccc1F. The number of hydrogen-bond donors (Lipinski definition) is 0. The number of carbonyl (C=O) groups is 1. The minimum absolute atomic E-state index is 0.135. The third-order valence-corrected chi connectivity index (χ3v) is 4.01. The van der Waals surface area contributed by atoms with E-state index in [-0.39, 0.29) is 17.4 Å². The summed E-state index contributed by atoms with van der Waals surface area (Å²) in [5.74, 6) is -0.330. The van der Waals surface area contributed by atoms with E-state index < -0.39 is 0 Å². The molecule has 6 heteroatoms. The minimum Gasteiger partial charge on any atom is -0.291 e. The van der Waals surface area contributed by atoms with Gasteiger partial charge in [0.2, 0.25) is 0 Å². The average Bonchev–Trinajstić information content (AvgIpc) is 2.79. The van der Waals surface area contributed by atoms with Crippen LogP contribution >= 0.6 is 23.4 Å². The standard InChI is InChI=1S/C14H14ClFN2OS/c1-2-7-18-14(10(15)8-17-18)12(19)9-20-13-6-4-3-5-11(13)16/h3-6,8H,2,7,9H2,1H3. The Morgan fingerprint density at radius 3 is 2.90 bits per heavy atom. The second-order valence-corrected chi connectivity index (χ2v) is 5.63. The molecule has 1 aromatic heterocycles. The van der Waals surface area contributed by atoms with E-state index in [0.29, 0.717) is 22.2 Å². The van der Waals surface area contributed by atoms with Gasteiger partial charge in [-0.2, -0.15) is 5.10 Å². The largest absolute Gasteiger partial charge is 0.291 e. The number of aryl methyl sites for hydroxylation is 1. The third-order valence-electron chi connectivity index (χ3n) is 2.69. The molecule has 0 fully saturated rings. The molecule has 3 nitrogen and oxygen atoms in total. The van der Waals surface area contributed by atoms with E-state index >= 15 is 0 Å². The fourth-order valence-electron chi connectivity index (χ4n) is 1.79. The van der Waals surface area contributed by atoms with Crippen molar-refractivity contribution in [3.05, 3.63) is 47.0 Å². The van der Waals surface area contributed by atoms with E-state index in [4.69, 9.17) is 11.6 Å². The topological polar surface area (TPSA) is 34.9 Å². The van der Waals surface area contributed by atoms with Crippen LogP contribution < -0.4 is 0 Å². The molecular weight excluding hydrogens is 299 g/mol. The predicted molar refractivity (Wildman–Crippen MR) is 79.0 cm³/mol. The van der Waals surface area contributed by atoms with Crippen molar-refractivity contribution in [2.45, 2.75) is 24.8 Å². The summed E-state index contributed by atoms with van der Waals surface area (Å²) in [5.41, 5.74) is 0.400. The van der Waals surface area contributed by atoms with Gasteiger partial charge in [-0.3, -0.25) is 9.48 Å². The maximum Gasteiger partial charge on any atom is 0.192 e. The number of thioether (sulfide) groups is 1. The molecule has 0 amide bonds. The summed E-state index contributed by atoms with van der Waals surface area (Å²) in [6.45, 7) is 2.64. The van der Waals surface area contributed by atoms with Crippen LogP contribution in [0.4, 0.5) is 4.39 Å². The smallest absolute Gasteiger partial charge is 0.192 e. The van der Waals surface area contributed by atoms with Crippen molar-refractivity contribution in [2.75, 3.05) is 5.75 Å². The summed E-state index contributed by atoms with van der Waals surface area (Å²) in [7, 11) is 0. The molecular formula is C14H14ClFN2OS. The maximum atomic E-state index is 13.5. The zero-order chi connectivity index (χ0) is 14.5. The second-order valence-electron chi connectivity index (χ2n) is 4.21. The van der Waals surface area contributed by atoms with E-state index in [0.717, 1.165) is 18.2 Å². The fraction of sp³-hybridized carbons (Fsp3) is 0.286. The monoisotopic (exact) mass is 312 g/mol. The lowest BCUT2D eigenvalue weighted by atomic mass is 10.3. The van der Waals surface area contributed by atoms with Gasteiger partial charge in [0.05, 0.1) is 17.0 Å². The molecule has 106 valence electrons. The molecule has 0 saturated heterocycles. The lowest BCUT2D eigenvalue weighted by Crippen LogP contribution is -2.12. The highest BCUT2D eigenvalue weighted by Crippen LogP contribution is 2.24. The molecule has 0 aliphatic heterocycles. The van der Waals surface area contributed by atoms with Crippen molar-refractivity contribution in [2.24, 2.45) is 0 Å². The minimum atomic E-state index is -0.321. The number of carbonyl (C=O) groups excluding carboxylic acids is 1. The molecule has 20 heavy (non-hydrogen) atoms. The zero-order valence-corrected chi connectivity index (χ0v) is 12.5. The van der Waals surface area contributed by atoms with Crippen LogP contribution in [0, 0.1) is 5.82 Å². The molecule has 0 atom stereocenters. The number of nitrogens with zero attached hydrogens (tertiary/aromatic N) is 2. The number of halogens is 2. The van der Waals surface area contributed by atoms with Gasteiger partial charge in [-0.05, 0) is 18.6 Å². The Morgan fingerprint density at radius 2 is 2.20 bits per heavy atom. The van der Waals surface area contributed by atoms with Crippen LogP contribution in [0.5, 0.6) is 0 Å². The molecule has 0 bridgehead atoms. The second kappa shape index (κ2) is 6.90. The van der Waals surface area contributed by atoms with Gasteiger partial charge in [-0.25, -0.2) is 4.39 Å². The predicted octanol–water partition coefficient (Wildman–Crippen LogP) is 4.06. The molecule has 1 aromatic carbocycles. The zero-order valence-electron chi connectivity index (χ0n) is 11.0. The van der Waals surface area contributed by atoms with Gasteiger partial charge >= 0.3 is 0 Å². The summed E-state index contributed by atoms with van der Waals surface area (Å²) < 4.78 is 15.1. The van der Waals surface area contributed by atoms with Crippen molar-refractivity contribution in [3.63, 3.8) is 0 Å². The summed E-state index contributed by atoms with van der Waals surface area (Å²) in [6, 6.07) is 6.39. The van der Waals surface area contributed by atoms with Crippen molar-refractivity contribution in [1.29, 1.82) is 0 Å². The summed E-state index contributed by atoms with van der Waals surface area (Å²) >= 11 is 7.17. The molecule has 0 spiro atoms. The third kappa shape index (κ3) is 3.41. The molecule has 0 N–H and O–H groups in total. The molecule has 0 saturated carbocycles. The van der Waals surface area contributed by atoms with Gasteiger partial charge in [-0.1, -0.05) is 30.7 Å². The summed E-state index contributed by atoms with van der Waals surface area (Å²) in [6.07, 6.45) is 2.33. The summed E-state index contributed by atoms with van der Waals surface area (Å²) in [4.78, 5) is 12.7. The number of aromatic nitrogens is 2. The Labute approximate surface area is 126 Å². The number of hydrogen-bond acceptors (Lipinski definition) is 3. The van der Waals surface area contributed by atoms with Crippen LogP contribution in [-0.2, 0) is 6.54 Å². The fourth-order valence-corrected chi connectivity index (χ4v) is 2.85. The van der Waals surface area contributed by atoms with Crippen LogP contribution in [0.3, 0.4) is 0 Å². The normalized spacial score (nSPS) is 10.8. The molecule has 0 aliphatic carbocycles. The molecule has 0 unspecified atom stereocenters. The number of ketones is 1. The number of benzene rings is 1. The van der Waals surface area contributed by atoms with Gasteiger partial charge in [0, 0.05) is 11.4 Å². The van der Waals surface area contributed by atoms with Crippen LogP contribution in [0.25, 0.3) is 0 Å². The van der Waals surface area contributed by atoms with Gasteiger partial charge in [0.25, 0.3) is 0 Å². The molecule has 0 aliphatic rings. The van der Waals surface area contributed by atoms with E-state index in [9.17, 15) is 9.18 Å². The van der Waals surface area contributed by atoms with Gasteiger partial charge < -0.3 is 0 Å². The molecule has 2 aromatic rings. The van der Waals surface area contributed by atoms with Crippen molar-refractivity contribution < 1.29 is 9.18 Å². The maximum absolute atomic E-state index is 13.5. The van der Waals surface area contributed by atoms with E-state index in [1.165, 1.54) is 12.3 Å². The number of Topliss-reactive ketones (excluding diaryl/α,β-unsaturated/α-hetero) is 1. The van der Waals surface area contributed by atoms with Crippen molar-refractivity contribution in [3.8, 4) is 0 Å². The first kappa shape index (κ1) is 15.1. The summed E-state index contributed by atoms with van der Waals surface area (Å²) in [5, 5.41) is 4.42. The van der Waals surface area contributed by atoms with Crippen LogP contribution in [-0.4, -0.2) is 21.3 Å². The van der Waals surface area contributed by atoms with Crippen molar-refractivity contribution >= 4 is 29.1 Å². The van der Waals surface area contributed by atoms with Gasteiger partial charge in [-0.15, -0.1) is 11.8 Å². The lowest BCUT2D eigenvalue weighted by Gasteiger charge is -2.06. The van der Waals surface area contributed by atoms with Crippen LogP contribution in [0.15, 0.2) is 35.4 Å². The Bertz CT molecular complexity index is 615. The average molecular weight is 313 g/mol. The first-order chi connectivity index (χ1) is 9.63.